The molecule has 0 fully saturated rings. The van der Waals surface area contributed by atoms with Gasteiger partial charge in [0.25, 0.3) is 0 Å². The van der Waals surface area contributed by atoms with Crippen molar-refractivity contribution in [1.29, 1.82) is 0 Å². The molecule has 0 amide bonds. The number of benzene rings is 2. The van der Waals surface area contributed by atoms with Crippen molar-refractivity contribution in [2.45, 2.75) is 32.3 Å². The van der Waals surface area contributed by atoms with Crippen LogP contribution in [0.3, 0.4) is 0 Å². The van der Waals surface area contributed by atoms with Crippen molar-refractivity contribution in [2.24, 2.45) is 0 Å². The maximum atomic E-state index is 12.2. The average Bonchev–Trinajstić information content (AvgIpc) is 2.49. The van der Waals surface area contributed by atoms with E-state index < -0.39 is 5.60 Å². The van der Waals surface area contributed by atoms with E-state index in [1.807, 2.05) is 50.2 Å². The molecule has 0 aliphatic carbocycles. The minimum absolute atomic E-state index is 0.258. The fraction of sp³-hybridized carbons (Fsp3) is 0.278. The molecule has 2 aromatic rings. The van der Waals surface area contributed by atoms with Crippen LogP contribution in [-0.4, -0.2) is 11.6 Å². The van der Waals surface area contributed by atoms with Gasteiger partial charge in [-0.1, -0.05) is 55.5 Å². The number of carbonyl (C=O) groups excluding carboxylic acids is 1. The highest BCUT2D eigenvalue weighted by Gasteiger charge is 2.27. The molecule has 0 unspecified atom stereocenters. The van der Waals surface area contributed by atoms with Crippen molar-refractivity contribution in [3.8, 4) is 0 Å². The van der Waals surface area contributed by atoms with E-state index in [9.17, 15) is 4.79 Å². The lowest BCUT2D eigenvalue weighted by molar-refractivity contribution is -0.0111. The maximum Gasteiger partial charge on any atom is 0.338 e. The highest BCUT2D eigenvalue weighted by molar-refractivity contribution is 5.89. The number of ether oxygens (including phenoxy) is 1. The first-order chi connectivity index (χ1) is 9.63. The Kier molecular flexibility index (Phi) is 4.57. The van der Waals surface area contributed by atoms with Crippen LogP contribution in [0.5, 0.6) is 0 Å². The first-order valence-corrected chi connectivity index (χ1v) is 6.95. The Balaban J connectivity index is 2.09. The van der Waals surface area contributed by atoms with Crippen LogP contribution in [0.15, 0.2) is 60.7 Å². The van der Waals surface area contributed by atoms with Crippen LogP contribution in [0, 0.1) is 0 Å². The summed E-state index contributed by atoms with van der Waals surface area (Å²) < 4.78 is 5.74. The standard InChI is InChI=1S/C18H20O2/c1-3-18(2,14-15-10-6-4-7-11-15)20-17(19)16-12-8-5-9-13-16/h4-13H,3,14H2,1-2H3/t18-/m0/s1. The second-order valence-corrected chi connectivity index (χ2v) is 5.22. The molecule has 0 aromatic heterocycles. The van der Waals surface area contributed by atoms with Crippen LogP contribution < -0.4 is 0 Å². The second kappa shape index (κ2) is 6.38. The first-order valence-electron chi connectivity index (χ1n) is 6.95. The third-order valence-corrected chi connectivity index (χ3v) is 3.52. The third kappa shape index (κ3) is 3.70. The summed E-state index contributed by atoms with van der Waals surface area (Å²) in [6.45, 7) is 4.03. The zero-order valence-electron chi connectivity index (χ0n) is 12.0. The molecule has 0 bridgehead atoms. The van der Waals surface area contributed by atoms with Gasteiger partial charge in [-0.05, 0) is 31.0 Å². The summed E-state index contributed by atoms with van der Waals surface area (Å²) in [6.07, 6.45) is 1.50. The summed E-state index contributed by atoms with van der Waals surface area (Å²) in [5.74, 6) is -0.258. The molecule has 1 atom stereocenters. The van der Waals surface area contributed by atoms with Crippen molar-refractivity contribution >= 4 is 5.97 Å². The Hall–Kier alpha value is -2.09. The zero-order chi connectivity index (χ0) is 14.4. The van der Waals surface area contributed by atoms with Gasteiger partial charge in [-0.3, -0.25) is 0 Å². The lowest BCUT2D eigenvalue weighted by atomic mass is 9.93. The third-order valence-electron chi connectivity index (χ3n) is 3.52. The van der Waals surface area contributed by atoms with E-state index in [0.29, 0.717) is 5.56 Å². The summed E-state index contributed by atoms with van der Waals surface area (Å²) >= 11 is 0. The van der Waals surface area contributed by atoms with E-state index >= 15 is 0 Å². The van der Waals surface area contributed by atoms with E-state index in [1.54, 1.807) is 12.1 Å². The van der Waals surface area contributed by atoms with Gasteiger partial charge in [0, 0.05) is 6.42 Å². The van der Waals surface area contributed by atoms with Crippen LogP contribution in [0.25, 0.3) is 0 Å². The quantitative estimate of drug-likeness (QED) is 0.758. The Morgan fingerprint density at radius 3 is 2.10 bits per heavy atom. The molecule has 2 aromatic carbocycles. The Bertz CT molecular complexity index is 548. The number of rotatable bonds is 5. The topological polar surface area (TPSA) is 26.3 Å². The fourth-order valence-corrected chi connectivity index (χ4v) is 2.12. The molecule has 0 spiro atoms. The predicted octanol–water partition coefficient (Wildman–Crippen LogP) is 4.25. The highest BCUT2D eigenvalue weighted by Crippen LogP contribution is 2.23. The van der Waals surface area contributed by atoms with Crippen molar-refractivity contribution in [3.05, 3.63) is 71.8 Å². The van der Waals surface area contributed by atoms with Crippen LogP contribution in [-0.2, 0) is 11.2 Å². The molecule has 0 N–H and O–H groups in total. The lowest BCUT2D eigenvalue weighted by Crippen LogP contribution is -2.33. The molecule has 104 valence electrons. The SMILES string of the molecule is CC[C@@](C)(Cc1ccccc1)OC(=O)c1ccccc1. The Morgan fingerprint density at radius 2 is 1.55 bits per heavy atom. The van der Waals surface area contributed by atoms with Gasteiger partial charge < -0.3 is 4.74 Å². The molecule has 2 rings (SSSR count). The second-order valence-electron chi connectivity index (χ2n) is 5.22. The molecule has 0 aliphatic rings. The van der Waals surface area contributed by atoms with Gasteiger partial charge >= 0.3 is 5.97 Å². The van der Waals surface area contributed by atoms with E-state index in [-0.39, 0.29) is 5.97 Å². The highest BCUT2D eigenvalue weighted by atomic mass is 16.6. The van der Waals surface area contributed by atoms with Crippen molar-refractivity contribution in [2.75, 3.05) is 0 Å². The zero-order valence-corrected chi connectivity index (χ0v) is 12.0. The summed E-state index contributed by atoms with van der Waals surface area (Å²) in [7, 11) is 0. The predicted molar refractivity (Wildman–Crippen MR) is 80.7 cm³/mol. The van der Waals surface area contributed by atoms with Crippen LogP contribution in [0.1, 0.15) is 36.2 Å². The molecule has 0 aliphatic heterocycles. The van der Waals surface area contributed by atoms with Gasteiger partial charge in [-0.15, -0.1) is 0 Å². The summed E-state index contributed by atoms with van der Waals surface area (Å²) in [5, 5.41) is 0. The molecular formula is C18H20O2. The van der Waals surface area contributed by atoms with E-state index in [2.05, 4.69) is 12.1 Å². The minimum atomic E-state index is -0.478. The number of hydrogen-bond donors (Lipinski definition) is 0. The van der Waals surface area contributed by atoms with Gasteiger partial charge in [0.1, 0.15) is 5.60 Å². The summed E-state index contributed by atoms with van der Waals surface area (Å²) in [6, 6.07) is 19.3. The van der Waals surface area contributed by atoms with Crippen molar-refractivity contribution in [3.63, 3.8) is 0 Å². The fourth-order valence-electron chi connectivity index (χ4n) is 2.12. The normalized spacial score (nSPS) is 13.5. The van der Waals surface area contributed by atoms with Crippen LogP contribution >= 0.6 is 0 Å². The van der Waals surface area contributed by atoms with Gasteiger partial charge in [0.05, 0.1) is 5.56 Å². The van der Waals surface area contributed by atoms with Gasteiger partial charge in [0.15, 0.2) is 0 Å². The molecular weight excluding hydrogens is 248 g/mol. The molecule has 0 saturated heterocycles. The van der Waals surface area contributed by atoms with Gasteiger partial charge in [0.2, 0.25) is 0 Å². The van der Waals surface area contributed by atoms with Crippen LogP contribution in [0.4, 0.5) is 0 Å². The first kappa shape index (κ1) is 14.3. The lowest BCUT2D eigenvalue weighted by Gasteiger charge is -2.28. The summed E-state index contributed by atoms with van der Waals surface area (Å²) in [4.78, 5) is 12.2. The molecule has 0 saturated carbocycles. The summed E-state index contributed by atoms with van der Waals surface area (Å²) in [5.41, 5.74) is 1.30. The molecule has 0 heterocycles. The molecule has 2 nitrogen and oxygen atoms in total. The van der Waals surface area contributed by atoms with Crippen molar-refractivity contribution < 1.29 is 9.53 Å². The van der Waals surface area contributed by atoms with Crippen LogP contribution in [0.2, 0.25) is 0 Å². The number of esters is 1. The average molecular weight is 268 g/mol. The molecule has 0 radical (unpaired) electrons. The maximum absolute atomic E-state index is 12.2. The van der Waals surface area contributed by atoms with E-state index in [4.69, 9.17) is 4.74 Å². The number of hydrogen-bond acceptors (Lipinski definition) is 2. The van der Waals surface area contributed by atoms with Gasteiger partial charge in [-0.2, -0.15) is 0 Å². The van der Waals surface area contributed by atoms with Crippen molar-refractivity contribution in [1.82, 2.24) is 0 Å². The number of carbonyl (C=O) groups is 1. The largest absolute Gasteiger partial charge is 0.455 e. The Morgan fingerprint density at radius 1 is 1.00 bits per heavy atom. The van der Waals surface area contributed by atoms with Gasteiger partial charge in [-0.25, -0.2) is 4.79 Å². The van der Waals surface area contributed by atoms with E-state index in [1.165, 1.54) is 5.56 Å². The minimum Gasteiger partial charge on any atom is -0.455 e. The Labute approximate surface area is 120 Å². The monoisotopic (exact) mass is 268 g/mol. The van der Waals surface area contributed by atoms with E-state index in [0.717, 1.165) is 12.8 Å². The molecule has 2 heteroatoms. The smallest absolute Gasteiger partial charge is 0.338 e. The molecule has 20 heavy (non-hydrogen) atoms.